The van der Waals surface area contributed by atoms with E-state index in [0.29, 0.717) is 41.2 Å². The summed E-state index contributed by atoms with van der Waals surface area (Å²) >= 11 is 0. The summed E-state index contributed by atoms with van der Waals surface area (Å²) in [5, 5.41) is 3.16. The summed E-state index contributed by atoms with van der Waals surface area (Å²) in [7, 11) is 0. The lowest BCUT2D eigenvalue weighted by Gasteiger charge is -2.20. The first-order chi connectivity index (χ1) is 10.7. The van der Waals surface area contributed by atoms with Crippen LogP contribution in [0.3, 0.4) is 0 Å². The van der Waals surface area contributed by atoms with Crippen LogP contribution in [0.1, 0.15) is 38.8 Å². The van der Waals surface area contributed by atoms with Gasteiger partial charge in [0.15, 0.2) is 11.6 Å². The lowest BCUT2D eigenvalue weighted by Crippen LogP contribution is -2.24. The number of benzene rings is 2. The van der Waals surface area contributed by atoms with Crippen LogP contribution in [-0.2, 0) is 0 Å². The number of ketones is 2. The number of carbonyl (C=O) groups is 2. The van der Waals surface area contributed by atoms with Gasteiger partial charge in [0, 0.05) is 23.2 Å². The Morgan fingerprint density at radius 3 is 2.32 bits per heavy atom. The van der Waals surface area contributed by atoms with Gasteiger partial charge in [-0.1, -0.05) is 43.3 Å². The SMILES string of the molecule is CCNCCOc1cccc2c1C(=O)c1ccccc1C2=O. The predicted molar refractivity (Wildman–Crippen MR) is 83.8 cm³/mol. The van der Waals surface area contributed by atoms with E-state index < -0.39 is 0 Å². The molecule has 0 heterocycles. The van der Waals surface area contributed by atoms with Gasteiger partial charge in [-0.3, -0.25) is 9.59 Å². The maximum atomic E-state index is 12.7. The average molecular weight is 295 g/mol. The van der Waals surface area contributed by atoms with Gasteiger partial charge in [-0.2, -0.15) is 0 Å². The molecule has 0 fully saturated rings. The quantitative estimate of drug-likeness (QED) is 0.735. The fourth-order valence-corrected chi connectivity index (χ4v) is 2.64. The van der Waals surface area contributed by atoms with Crippen molar-refractivity contribution < 1.29 is 14.3 Å². The van der Waals surface area contributed by atoms with Crippen LogP contribution < -0.4 is 10.1 Å². The van der Waals surface area contributed by atoms with E-state index in [4.69, 9.17) is 4.74 Å². The summed E-state index contributed by atoms with van der Waals surface area (Å²) in [4.78, 5) is 25.3. The molecule has 1 aliphatic carbocycles. The Morgan fingerprint density at radius 1 is 0.909 bits per heavy atom. The number of likely N-dealkylation sites (N-methyl/N-ethyl adjacent to an activating group) is 1. The minimum atomic E-state index is -0.149. The van der Waals surface area contributed by atoms with Gasteiger partial charge < -0.3 is 10.1 Å². The van der Waals surface area contributed by atoms with Crippen LogP contribution in [0.5, 0.6) is 5.75 Å². The molecule has 0 saturated carbocycles. The second-order valence-electron chi connectivity index (χ2n) is 5.08. The van der Waals surface area contributed by atoms with E-state index >= 15 is 0 Å². The molecular weight excluding hydrogens is 278 g/mol. The standard InChI is InChI=1S/C18H17NO3/c1-2-19-10-11-22-15-9-5-8-14-16(15)18(21)13-7-4-3-6-12(13)17(14)20/h3-9,19H,2,10-11H2,1H3. The molecule has 0 atom stereocenters. The predicted octanol–water partition coefficient (Wildman–Crippen LogP) is 2.45. The topological polar surface area (TPSA) is 55.4 Å². The summed E-state index contributed by atoms with van der Waals surface area (Å²) < 4.78 is 5.70. The molecule has 0 amide bonds. The maximum absolute atomic E-state index is 12.7. The van der Waals surface area contributed by atoms with E-state index in [1.54, 1.807) is 42.5 Å². The molecule has 2 aromatic carbocycles. The van der Waals surface area contributed by atoms with Crippen LogP contribution in [-0.4, -0.2) is 31.3 Å². The van der Waals surface area contributed by atoms with Crippen molar-refractivity contribution in [2.75, 3.05) is 19.7 Å². The summed E-state index contributed by atoms with van der Waals surface area (Å²) in [5.41, 5.74) is 1.71. The first kappa shape index (κ1) is 14.5. The molecule has 0 aromatic heterocycles. The van der Waals surface area contributed by atoms with E-state index in [2.05, 4.69) is 5.32 Å². The molecule has 0 radical (unpaired) electrons. The minimum absolute atomic E-state index is 0.123. The molecule has 4 heteroatoms. The van der Waals surface area contributed by atoms with Gasteiger partial charge in [0.1, 0.15) is 12.4 Å². The Balaban J connectivity index is 1.98. The summed E-state index contributed by atoms with van der Waals surface area (Å²) in [6, 6.07) is 12.1. The van der Waals surface area contributed by atoms with Crippen LogP contribution >= 0.6 is 0 Å². The average Bonchev–Trinajstić information content (AvgIpc) is 2.56. The zero-order valence-corrected chi connectivity index (χ0v) is 12.4. The first-order valence-corrected chi connectivity index (χ1v) is 7.39. The lowest BCUT2D eigenvalue weighted by atomic mass is 9.83. The molecular formula is C18H17NO3. The van der Waals surface area contributed by atoms with Gasteiger partial charge in [-0.05, 0) is 12.6 Å². The Kier molecular flexibility index (Phi) is 4.02. The van der Waals surface area contributed by atoms with Crippen LogP contribution in [0.4, 0.5) is 0 Å². The molecule has 4 nitrogen and oxygen atoms in total. The molecule has 22 heavy (non-hydrogen) atoms. The highest BCUT2D eigenvalue weighted by Gasteiger charge is 2.31. The van der Waals surface area contributed by atoms with Crippen molar-refractivity contribution in [1.82, 2.24) is 5.32 Å². The third-order valence-electron chi connectivity index (χ3n) is 3.70. The minimum Gasteiger partial charge on any atom is -0.491 e. The van der Waals surface area contributed by atoms with Crippen molar-refractivity contribution >= 4 is 11.6 Å². The second kappa shape index (κ2) is 6.12. The molecule has 0 unspecified atom stereocenters. The molecule has 0 aliphatic heterocycles. The maximum Gasteiger partial charge on any atom is 0.198 e. The van der Waals surface area contributed by atoms with Crippen LogP contribution in [0.25, 0.3) is 0 Å². The van der Waals surface area contributed by atoms with Crippen LogP contribution in [0, 0.1) is 0 Å². The highest BCUT2D eigenvalue weighted by Crippen LogP contribution is 2.32. The number of carbonyl (C=O) groups excluding carboxylic acids is 2. The number of fused-ring (bicyclic) bond motifs is 2. The molecule has 1 N–H and O–H groups in total. The largest absolute Gasteiger partial charge is 0.491 e. The van der Waals surface area contributed by atoms with Crippen molar-refractivity contribution in [2.45, 2.75) is 6.92 Å². The highest BCUT2D eigenvalue weighted by atomic mass is 16.5. The van der Waals surface area contributed by atoms with E-state index in [9.17, 15) is 9.59 Å². The number of rotatable bonds is 5. The van der Waals surface area contributed by atoms with Crippen LogP contribution in [0.15, 0.2) is 42.5 Å². The second-order valence-corrected chi connectivity index (χ2v) is 5.08. The fourth-order valence-electron chi connectivity index (χ4n) is 2.64. The Hall–Kier alpha value is -2.46. The van der Waals surface area contributed by atoms with Gasteiger partial charge in [-0.15, -0.1) is 0 Å². The lowest BCUT2D eigenvalue weighted by molar-refractivity contribution is 0.0975. The number of hydrogen-bond donors (Lipinski definition) is 1. The van der Waals surface area contributed by atoms with Gasteiger partial charge >= 0.3 is 0 Å². The van der Waals surface area contributed by atoms with Gasteiger partial charge in [0.25, 0.3) is 0 Å². The number of ether oxygens (including phenoxy) is 1. The molecule has 0 saturated heterocycles. The van der Waals surface area contributed by atoms with E-state index in [-0.39, 0.29) is 11.6 Å². The monoisotopic (exact) mass is 295 g/mol. The number of hydrogen-bond acceptors (Lipinski definition) is 4. The summed E-state index contributed by atoms with van der Waals surface area (Å²) in [5.74, 6) is 0.204. The zero-order chi connectivity index (χ0) is 15.5. The molecule has 112 valence electrons. The summed E-state index contributed by atoms with van der Waals surface area (Å²) in [6.07, 6.45) is 0. The normalized spacial score (nSPS) is 12.8. The van der Waals surface area contributed by atoms with Gasteiger partial charge in [0.05, 0.1) is 5.56 Å². The van der Waals surface area contributed by atoms with Crippen molar-refractivity contribution in [1.29, 1.82) is 0 Å². The fraction of sp³-hybridized carbons (Fsp3) is 0.222. The van der Waals surface area contributed by atoms with Crippen LogP contribution in [0.2, 0.25) is 0 Å². The molecule has 1 aliphatic rings. The molecule has 2 aromatic rings. The van der Waals surface area contributed by atoms with E-state index in [1.165, 1.54) is 0 Å². The molecule has 0 bridgehead atoms. The zero-order valence-electron chi connectivity index (χ0n) is 12.4. The van der Waals surface area contributed by atoms with Crippen molar-refractivity contribution in [3.8, 4) is 5.75 Å². The molecule has 3 rings (SSSR count). The Bertz CT molecular complexity index is 737. The van der Waals surface area contributed by atoms with Gasteiger partial charge in [-0.25, -0.2) is 0 Å². The highest BCUT2D eigenvalue weighted by molar-refractivity contribution is 6.29. The van der Waals surface area contributed by atoms with E-state index in [1.807, 2.05) is 6.92 Å². The number of nitrogens with one attached hydrogen (secondary N) is 1. The van der Waals surface area contributed by atoms with Crippen molar-refractivity contribution in [2.24, 2.45) is 0 Å². The summed E-state index contributed by atoms with van der Waals surface area (Å²) in [6.45, 7) is 4.02. The third kappa shape index (κ3) is 2.42. The van der Waals surface area contributed by atoms with Crippen molar-refractivity contribution in [3.05, 3.63) is 64.7 Å². The first-order valence-electron chi connectivity index (χ1n) is 7.39. The molecule has 0 spiro atoms. The Morgan fingerprint density at radius 2 is 1.59 bits per heavy atom. The van der Waals surface area contributed by atoms with E-state index in [0.717, 1.165) is 6.54 Å². The third-order valence-corrected chi connectivity index (χ3v) is 3.70. The van der Waals surface area contributed by atoms with Gasteiger partial charge in [0.2, 0.25) is 0 Å². The smallest absolute Gasteiger partial charge is 0.198 e. The van der Waals surface area contributed by atoms with Crippen molar-refractivity contribution in [3.63, 3.8) is 0 Å². The Labute approximate surface area is 129 Å².